The maximum absolute atomic E-state index is 11.8. The third kappa shape index (κ3) is 3.63. The molecule has 0 aliphatic carbocycles. The normalized spacial score (nSPS) is 11.1. The van der Waals surface area contributed by atoms with Crippen molar-refractivity contribution < 1.29 is 9.53 Å². The molecule has 0 bridgehead atoms. The molecule has 0 saturated heterocycles. The molecule has 24 heavy (non-hydrogen) atoms. The summed E-state index contributed by atoms with van der Waals surface area (Å²) in [5.74, 6) is 0.415. The van der Waals surface area contributed by atoms with E-state index in [2.05, 4.69) is 15.5 Å². The molecule has 5 heteroatoms. The lowest BCUT2D eigenvalue weighted by Crippen LogP contribution is -2.24. The Kier molecular flexibility index (Phi) is 4.61. The average Bonchev–Trinajstić information content (AvgIpc) is 2.99. The largest absolute Gasteiger partial charge is 0.483 e. The van der Waals surface area contributed by atoms with Crippen LogP contribution < -0.4 is 10.2 Å². The zero-order chi connectivity index (χ0) is 16.9. The average molecular weight is 321 g/mol. The van der Waals surface area contributed by atoms with Crippen molar-refractivity contribution in [2.24, 2.45) is 5.10 Å². The first-order valence-electron chi connectivity index (χ1n) is 7.71. The standard InChI is InChI=1S/C19H19N3O2/c1-13-7-8-14(2)18(9-13)24-12-19(23)22-21-11-15-10-20-17-6-4-3-5-16(15)17/h3-11,20H,12H2,1-2H3,(H,22,23)/b21-11-. The van der Waals surface area contributed by atoms with Gasteiger partial charge in [-0.2, -0.15) is 5.10 Å². The van der Waals surface area contributed by atoms with Gasteiger partial charge in [-0.3, -0.25) is 4.79 Å². The van der Waals surface area contributed by atoms with Gasteiger partial charge < -0.3 is 9.72 Å². The Hall–Kier alpha value is -3.08. The predicted octanol–water partition coefficient (Wildman–Crippen LogP) is 3.31. The molecule has 2 N–H and O–H groups in total. The van der Waals surface area contributed by atoms with Gasteiger partial charge in [0.05, 0.1) is 6.21 Å². The topological polar surface area (TPSA) is 66.5 Å². The highest BCUT2D eigenvalue weighted by Crippen LogP contribution is 2.19. The van der Waals surface area contributed by atoms with Gasteiger partial charge in [0.15, 0.2) is 6.61 Å². The number of hydrazone groups is 1. The monoisotopic (exact) mass is 321 g/mol. The molecular formula is C19H19N3O2. The van der Waals surface area contributed by atoms with Crippen molar-refractivity contribution in [3.8, 4) is 5.75 Å². The molecule has 5 nitrogen and oxygen atoms in total. The summed E-state index contributed by atoms with van der Waals surface area (Å²) in [6, 6.07) is 13.8. The fourth-order valence-corrected chi connectivity index (χ4v) is 2.41. The van der Waals surface area contributed by atoms with Crippen molar-refractivity contribution in [1.82, 2.24) is 10.4 Å². The van der Waals surface area contributed by atoms with Crippen molar-refractivity contribution in [3.63, 3.8) is 0 Å². The fourth-order valence-electron chi connectivity index (χ4n) is 2.41. The summed E-state index contributed by atoms with van der Waals surface area (Å²) in [7, 11) is 0. The molecule has 0 atom stereocenters. The van der Waals surface area contributed by atoms with Crippen molar-refractivity contribution >= 4 is 23.0 Å². The van der Waals surface area contributed by atoms with Gasteiger partial charge in [0.2, 0.25) is 0 Å². The van der Waals surface area contributed by atoms with Crippen LogP contribution in [-0.4, -0.2) is 23.7 Å². The van der Waals surface area contributed by atoms with Gasteiger partial charge >= 0.3 is 0 Å². The van der Waals surface area contributed by atoms with Crippen LogP contribution in [-0.2, 0) is 4.79 Å². The number of rotatable bonds is 5. The zero-order valence-corrected chi connectivity index (χ0v) is 13.7. The first-order valence-corrected chi connectivity index (χ1v) is 7.71. The fraction of sp³-hybridized carbons (Fsp3) is 0.158. The number of amides is 1. The van der Waals surface area contributed by atoms with Crippen LogP contribution in [0.2, 0.25) is 0 Å². The summed E-state index contributed by atoms with van der Waals surface area (Å²) >= 11 is 0. The zero-order valence-electron chi connectivity index (χ0n) is 13.7. The quantitative estimate of drug-likeness (QED) is 0.559. The number of para-hydroxylation sites is 1. The van der Waals surface area contributed by atoms with E-state index in [-0.39, 0.29) is 12.5 Å². The maximum atomic E-state index is 11.8. The predicted molar refractivity (Wildman–Crippen MR) is 95.4 cm³/mol. The van der Waals surface area contributed by atoms with Gasteiger partial charge in [0.25, 0.3) is 5.91 Å². The number of aryl methyl sites for hydroxylation is 2. The lowest BCUT2D eigenvalue weighted by molar-refractivity contribution is -0.123. The van der Waals surface area contributed by atoms with Crippen LogP contribution in [0.3, 0.4) is 0 Å². The molecule has 122 valence electrons. The molecule has 0 radical (unpaired) electrons. The maximum Gasteiger partial charge on any atom is 0.277 e. The van der Waals surface area contributed by atoms with Crippen molar-refractivity contribution in [2.45, 2.75) is 13.8 Å². The number of nitrogens with one attached hydrogen (secondary N) is 2. The Labute approximate surface area is 140 Å². The van der Waals surface area contributed by atoms with E-state index in [1.165, 1.54) is 0 Å². The van der Waals surface area contributed by atoms with Gasteiger partial charge in [-0.1, -0.05) is 30.3 Å². The molecule has 2 aromatic carbocycles. The number of H-pyrrole nitrogens is 1. The molecule has 0 saturated carbocycles. The highest BCUT2D eigenvalue weighted by molar-refractivity contribution is 5.99. The Morgan fingerprint density at radius 3 is 2.96 bits per heavy atom. The van der Waals surface area contributed by atoms with Crippen LogP contribution in [0.1, 0.15) is 16.7 Å². The summed E-state index contributed by atoms with van der Waals surface area (Å²) < 4.78 is 5.55. The van der Waals surface area contributed by atoms with Crippen LogP contribution in [0, 0.1) is 13.8 Å². The summed E-state index contributed by atoms with van der Waals surface area (Å²) in [5, 5.41) is 5.05. The number of fused-ring (bicyclic) bond motifs is 1. The number of hydrogen-bond donors (Lipinski definition) is 2. The van der Waals surface area contributed by atoms with Crippen LogP contribution >= 0.6 is 0 Å². The Bertz CT molecular complexity index is 897. The van der Waals surface area contributed by atoms with Crippen molar-refractivity contribution in [2.75, 3.05) is 6.61 Å². The van der Waals surface area contributed by atoms with E-state index in [9.17, 15) is 4.79 Å². The van der Waals surface area contributed by atoms with E-state index >= 15 is 0 Å². The Morgan fingerprint density at radius 1 is 1.25 bits per heavy atom. The second-order valence-corrected chi connectivity index (χ2v) is 5.64. The number of nitrogens with zero attached hydrogens (tertiary/aromatic N) is 1. The van der Waals surface area contributed by atoms with E-state index in [4.69, 9.17) is 4.74 Å². The lowest BCUT2D eigenvalue weighted by Gasteiger charge is -2.08. The molecule has 1 amide bonds. The number of hydrogen-bond acceptors (Lipinski definition) is 3. The highest BCUT2D eigenvalue weighted by atomic mass is 16.5. The van der Waals surface area contributed by atoms with Gasteiger partial charge in [0.1, 0.15) is 5.75 Å². The molecule has 1 heterocycles. The Morgan fingerprint density at radius 2 is 2.08 bits per heavy atom. The molecule has 3 rings (SSSR count). The van der Waals surface area contributed by atoms with Gasteiger partial charge in [-0.25, -0.2) is 5.43 Å². The molecule has 1 aromatic heterocycles. The second-order valence-electron chi connectivity index (χ2n) is 5.64. The molecule has 0 fully saturated rings. The molecule has 3 aromatic rings. The molecule has 0 unspecified atom stereocenters. The van der Waals surface area contributed by atoms with Crippen molar-refractivity contribution in [3.05, 3.63) is 65.4 Å². The van der Waals surface area contributed by atoms with Gasteiger partial charge in [-0.05, 0) is 37.1 Å². The minimum Gasteiger partial charge on any atom is -0.483 e. The SMILES string of the molecule is Cc1ccc(C)c(OCC(=O)N/N=C\c2c[nH]c3ccccc23)c1. The van der Waals surface area contributed by atoms with Crippen LogP contribution in [0.5, 0.6) is 5.75 Å². The number of carbonyl (C=O) groups is 1. The number of aromatic amines is 1. The number of carbonyl (C=O) groups excluding carboxylic acids is 1. The molecule has 0 spiro atoms. The van der Waals surface area contributed by atoms with Gasteiger partial charge in [0, 0.05) is 22.7 Å². The highest BCUT2D eigenvalue weighted by Gasteiger charge is 2.05. The summed E-state index contributed by atoms with van der Waals surface area (Å²) in [5.41, 5.74) is 6.52. The van der Waals surface area contributed by atoms with E-state index in [0.29, 0.717) is 5.75 Å². The molecular weight excluding hydrogens is 302 g/mol. The van der Waals surface area contributed by atoms with Gasteiger partial charge in [-0.15, -0.1) is 0 Å². The second kappa shape index (κ2) is 7.00. The third-order valence-corrected chi connectivity index (χ3v) is 3.72. The number of aromatic nitrogens is 1. The van der Waals surface area contributed by atoms with E-state index < -0.39 is 0 Å². The number of ether oxygens (including phenoxy) is 1. The first-order chi connectivity index (χ1) is 11.6. The van der Waals surface area contributed by atoms with E-state index in [1.807, 2.05) is 62.5 Å². The summed E-state index contributed by atoms with van der Waals surface area (Å²) in [4.78, 5) is 15.0. The summed E-state index contributed by atoms with van der Waals surface area (Å²) in [6.07, 6.45) is 3.47. The van der Waals surface area contributed by atoms with E-state index in [1.54, 1.807) is 6.21 Å². The van der Waals surface area contributed by atoms with E-state index in [0.717, 1.165) is 27.6 Å². The Balaban J connectivity index is 1.56. The first kappa shape index (κ1) is 15.8. The minimum absolute atomic E-state index is 0.0739. The lowest BCUT2D eigenvalue weighted by atomic mass is 10.1. The minimum atomic E-state index is -0.299. The smallest absolute Gasteiger partial charge is 0.277 e. The molecule has 0 aliphatic rings. The van der Waals surface area contributed by atoms with Crippen molar-refractivity contribution in [1.29, 1.82) is 0 Å². The van der Waals surface area contributed by atoms with Crippen LogP contribution in [0.4, 0.5) is 0 Å². The number of benzene rings is 2. The third-order valence-electron chi connectivity index (χ3n) is 3.72. The molecule has 0 aliphatic heterocycles. The van der Waals surface area contributed by atoms with Crippen LogP contribution in [0.25, 0.3) is 10.9 Å². The van der Waals surface area contributed by atoms with Crippen LogP contribution in [0.15, 0.2) is 53.8 Å². The summed E-state index contributed by atoms with van der Waals surface area (Å²) in [6.45, 7) is 3.86.